The molecule has 17 heavy (non-hydrogen) atoms. The Bertz CT molecular complexity index is 561. The highest BCUT2D eigenvalue weighted by Crippen LogP contribution is 2.27. The highest BCUT2D eigenvalue weighted by molar-refractivity contribution is 9.10. The molecule has 0 N–H and O–H groups in total. The highest BCUT2D eigenvalue weighted by atomic mass is 79.9. The van der Waals surface area contributed by atoms with E-state index in [1.54, 1.807) is 18.2 Å². The van der Waals surface area contributed by atoms with Gasteiger partial charge in [-0.05, 0) is 48.4 Å². The average molecular weight is 293 g/mol. The molecule has 0 aliphatic carbocycles. The maximum Gasteiger partial charge on any atom is 0.160 e. The van der Waals surface area contributed by atoms with E-state index >= 15 is 0 Å². The summed E-state index contributed by atoms with van der Waals surface area (Å²) in [5.74, 6) is -0.287. The van der Waals surface area contributed by atoms with E-state index in [1.807, 2.05) is 12.1 Å². The Morgan fingerprint density at radius 3 is 2.35 bits per heavy atom. The van der Waals surface area contributed by atoms with E-state index in [0.29, 0.717) is 5.56 Å². The van der Waals surface area contributed by atoms with Crippen LogP contribution in [0.5, 0.6) is 0 Å². The maximum atomic E-state index is 12.9. The monoisotopic (exact) mass is 292 g/mol. The van der Waals surface area contributed by atoms with Crippen LogP contribution in [0.1, 0.15) is 17.3 Å². The van der Waals surface area contributed by atoms with E-state index in [9.17, 15) is 9.18 Å². The fourth-order valence-corrected chi connectivity index (χ4v) is 2.05. The topological polar surface area (TPSA) is 17.1 Å². The van der Waals surface area contributed by atoms with Gasteiger partial charge in [-0.1, -0.05) is 28.1 Å². The summed E-state index contributed by atoms with van der Waals surface area (Å²) < 4.78 is 13.8. The van der Waals surface area contributed by atoms with Crippen LogP contribution >= 0.6 is 15.9 Å². The molecule has 0 spiro atoms. The Morgan fingerprint density at radius 2 is 1.76 bits per heavy atom. The molecule has 3 heteroatoms. The predicted molar refractivity (Wildman–Crippen MR) is 69.5 cm³/mol. The number of halogens is 2. The van der Waals surface area contributed by atoms with Gasteiger partial charge in [0.2, 0.25) is 0 Å². The van der Waals surface area contributed by atoms with Gasteiger partial charge < -0.3 is 0 Å². The summed E-state index contributed by atoms with van der Waals surface area (Å²) in [5.41, 5.74) is 2.28. The molecule has 2 aromatic rings. The molecule has 2 rings (SSSR count). The van der Waals surface area contributed by atoms with Crippen molar-refractivity contribution in [2.24, 2.45) is 0 Å². The molecule has 0 radical (unpaired) electrons. The first-order chi connectivity index (χ1) is 8.08. The van der Waals surface area contributed by atoms with Crippen molar-refractivity contribution in [3.05, 3.63) is 58.3 Å². The van der Waals surface area contributed by atoms with Crippen molar-refractivity contribution in [2.75, 3.05) is 0 Å². The zero-order chi connectivity index (χ0) is 12.4. The third-order valence-corrected chi connectivity index (χ3v) is 3.01. The van der Waals surface area contributed by atoms with Gasteiger partial charge in [-0.2, -0.15) is 0 Å². The van der Waals surface area contributed by atoms with Crippen LogP contribution in [0.4, 0.5) is 4.39 Å². The van der Waals surface area contributed by atoms with Crippen LogP contribution in [0.2, 0.25) is 0 Å². The predicted octanol–water partition coefficient (Wildman–Crippen LogP) is 4.46. The van der Waals surface area contributed by atoms with Crippen molar-refractivity contribution in [1.29, 1.82) is 0 Å². The summed E-state index contributed by atoms with van der Waals surface area (Å²) in [6.45, 7) is 1.52. The molecule has 1 nitrogen and oxygen atoms in total. The van der Waals surface area contributed by atoms with Crippen molar-refractivity contribution >= 4 is 21.7 Å². The van der Waals surface area contributed by atoms with E-state index in [1.165, 1.54) is 19.1 Å². The zero-order valence-electron chi connectivity index (χ0n) is 9.21. The fraction of sp³-hybridized carbons (Fsp3) is 0.0714. The average Bonchev–Trinajstić information content (AvgIpc) is 2.29. The van der Waals surface area contributed by atoms with Crippen molar-refractivity contribution in [1.82, 2.24) is 0 Å². The molecule has 0 bridgehead atoms. The summed E-state index contributed by atoms with van der Waals surface area (Å²) >= 11 is 3.37. The number of hydrogen-bond donors (Lipinski definition) is 0. The fourth-order valence-electron chi connectivity index (χ4n) is 1.69. The van der Waals surface area contributed by atoms with Gasteiger partial charge in [0.05, 0.1) is 0 Å². The van der Waals surface area contributed by atoms with Gasteiger partial charge in [0.15, 0.2) is 5.78 Å². The van der Waals surface area contributed by atoms with Gasteiger partial charge >= 0.3 is 0 Å². The number of carbonyl (C=O) groups excluding carboxylic acids is 1. The molecule has 0 unspecified atom stereocenters. The van der Waals surface area contributed by atoms with Crippen LogP contribution < -0.4 is 0 Å². The highest BCUT2D eigenvalue weighted by Gasteiger charge is 2.09. The smallest absolute Gasteiger partial charge is 0.160 e. The lowest BCUT2D eigenvalue weighted by molar-refractivity contribution is 0.101. The summed E-state index contributed by atoms with van der Waals surface area (Å²) in [5, 5.41) is 0. The standard InChI is InChI=1S/C14H10BrFO/c1-9(17)13-7-4-11(15)8-14(13)10-2-5-12(16)6-3-10/h2-8H,1H3. The van der Waals surface area contributed by atoms with Crippen molar-refractivity contribution in [2.45, 2.75) is 6.92 Å². The van der Waals surface area contributed by atoms with Gasteiger partial charge in [0.1, 0.15) is 5.82 Å². The second kappa shape index (κ2) is 4.80. The molecule has 2 aromatic carbocycles. The van der Waals surface area contributed by atoms with Crippen molar-refractivity contribution in [3.8, 4) is 11.1 Å². The Balaban J connectivity index is 2.60. The number of ketones is 1. The lowest BCUT2D eigenvalue weighted by atomic mass is 9.98. The SMILES string of the molecule is CC(=O)c1ccc(Br)cc1-c1ccc(F)cc1. The summed E-state index contributed by atoms with van der Waals surface area (Å²) in [4.78, 5) is 11.5. The summed E-state index contributed by atoms with van der Waals surface area (Å²) in [7, 11) is 0. The summed E-state index contributed by atoms with van der Waals surface area (Å²) in [6.07, 6.45) is 0. The maximum absolute atomic E-state index is 12.9. The molecule has 0 aromatic heterocycles. The number of carbonyl (C=O) groups is 1. The van der Waals surface area contributed by atoms with E-state index in [2.05, 4.69) is 15.9 Å². The molecule has 0 aliphatic heterocycles. The molecule has 0 aliphatic rings. The minimum absolute atomic E-state index is 0.00294. The Hall–Kier alpha value is -1.48. The first-order valence-corrected chi connectivity index (χ1v) is 5.93. The Kier molecular flexibility index (Phi) is 3.38. The second-order valence-corrected chi connectivity index (χ2v) is 4.67. The van der Waals surface area contributed by atoms with E-state index < -0.39 is 0 Å². The van der Waals surface area contributed by atoms with Gasteiger partial charge in [-0.25, -0.2) is 4.39 Å². The molecule has 0 saturated carbocycles. The number of hydrogen-bond acceptors (Lipinski definition) is 1. The van der Waals surface area contributed by atoms with E-state index in [0.717, 1.165) is 15.6 Å². The van der Waals surface area contributed by atoms with E-state index in [-0.39, 0.29) is 11.6 Å². The molecular formula is C14H10BrFO. The molecule has 0 heterocycles. The second-order valence-electron chi connectivity index (χ2n) is 3.75. The number of rotatable bonds is 2. The minimum atomic E-state index is -0.284. The molecule has 86 valence electrons. The lowest BCUT2D eigenvalue weighted by Gasteiger charge is -2.08. The van der Waals surface area contributed by atoms with E-state index in [4.69, 9.17) is 0 Å². The third kappa shape index (κ3) is 2.61. The van der Waals surface area contributed by atoms with Crippen LogP contribution in [0.15, 0.2) is 46.9 Å². The van der Waals surface area contributed by atoms with Gasteiger partial charge in [-0.3, -0.25) is 4.79 Å². The summed E-state index contributed by atoms with van der Waals surface area (Å²) in [6, 6.07) is 11.6. The molecular weight excluding hydrogens is 283 g/mol. The molecule has 0 amide bonds. The first kappa shape index (κ1) is 12.0. The van der Waals surface area contributed by atoms with Gasteiger partial charge in [0.25, 0.3) is 0 Å². The van der Waals surface area contributed by atoms with Crippen LogP contribution in [-0.2, 0) is 0 Å². The van der Waals surface area contributed by atoms with Crippen LogP contribution in [0.25, 0.3) is 11.1 Å². The number of benzene rings is 2. The normalized spacial score (nSPS) is 10.3. The molecule has 0 saturated heterocycles. The third-order valence-electron chi connectivity index (χ3n) is 2.52. The van der Waals surface area contributed by atoms with Crippen molar-refractivity contribution in [3.63, 3.8) is 0 Å². The minimum Gasteiger partial charge on any atom is -0.294 e. The zero-order valence-corrected chi connectivity index (χ0v) is 10.8. The van der Waals surface area contributed by atoms with Gasteiger partial charge in [-0.15, -0.1) is 0 Å². The van der Waals surface area contributed by atoms with Crippen LogP contribution in [0, 0.1) is 5.82 Å². The van der Waals surface area contributed by atoms with Crippen molar-refractivity contribution < 1.29 is 9.18 Å². The van der Waals surface area contributed by atoms with Crippen LogP contribution in [0.3, 0.4) is 0 Å². The largest absolute Gasteiger partial charge is 0.294 e. The first-order valence-electron chi connectivity index (χ1n) is 5.14. The van der Waals surface area contributed by atoms with Gasteiger partial charge in [0, 0.05) is 10.0 Å². The molecule has 0 fully saturated rings. The molecule has 0 atom stereocenters. The van der Waals surface area contributed by atoms with Crippen LogP contribution in [-0.4, -0.2) is 5.78 Å². The number of Topliss-reactive ketones (excluding diaryl/α,β-unsaturated/α-hetero) is 1. The Labute approximate surface area is 107 Å². The lowest BCUT2D eigenvalue weighted by Crippen LogP contribution is -1.96. The quantitative estimate of drug-likeness (QED) is 0.747. The Morgan fingerprint density at radius 1 is 1.12 bits per heavy atom.